The lowest BCUT2D eigenvalue weighted by Gasteiger charge is -2.14. The molecule has 33 heavy (non-hydrogen) atoms. The fourth-order valence-electron chi connectivity index (χ4n) is 3.18. The van der Waals surface area contributed by atoms with E-state index in [9.17, 15) is 14.4 Å². The third-order valence-corrected chi connectivity index (χ3v) is 5.38. The first-order valence-corrected chi connectivity index (χ1v) is 10.5. The Bertz CT molecular complexity index is 1250. The molecule has 0 unspecified atom stereocenters. The van der Waals surface area contributed by atoms with Gasteiger partial charge in [-0.15, -0.1) is 0 Å². The Kier molecular flexibility index (Phi) is 6.35. The van der Waals surface area contributed by atoms with Crippen LogP contribution in [0.3, 0.4) is 0 Å². The van der Waals surface area contributed by atoms with Crippen molar-refractivity contribution in [2.75, 3.05) is 5.01 Å². The van der Waals surface area contributed by atoms with Crippen molar-refractivity contribution in [1.29, 1.82) is 0 Å². The summed E-state index contributed by atoms with van der Waals surface area (Å²) in [5.41, 5.74) is 4.36. The van der Waals surface area contributed by atoms with Gasteiger partial charge in [0, 0.05) is 0 Å². The first-order chi connectivity index (χ1) is 15.8. The number of carbonyl (C=O) groups excluding carboxylic acids is 2. The van der Waals surface area contributed by atoms with Gasteiger partial charge >= 0.3 is 5.97 Å². The number of hydrogen-bond acceptors (Lipinski definition) is 4. The molecule has 166 valence electrons. The number of carboxylic acid groups (broad SMARTS) is 1. The van der Waals surface area contributed by atoms with Crippen LogP contribution in [0.25, 0.3) is 6.08 Å². The van der Waals surface area contributed by atoms with Crippen LogP contribution in [-0.2, 0) is 16.2 Å². The summed E-state index contributed by atoms with van der Waals surface area (Å²) in [4.78, 5) is 36.0. The number of rotatable bonds is 6. The van der Waals surface area contributed by atoms with Gasteiger partial charge in [0.05, 0.1) is 21.3 Å². The zero-order valence-electron chi connectivity index (χ0n) is 16.9. The number of halogens is 2. The van der Waals surface area contributed by atoms with Crippen molar-refractivity contribution in [1.82, 2.24) is 5.43 Å². The second-order valence-corrected chi connectivity index (χ2v) is 7.89. The summed E-state index contributed by atoms with van der Waals surface area (Å²) < 4.78 is 5.71. The maximum Gasteiger partial charge on any atom is 0.335 e. The number of aromatic carboxylic acids is 1. The van der Waals surface area contributed by atoms with E-state index in [0.29, 0.717) is 11.3 Å². The molecule has 1 saturated heterocycles. The number of ether oxygens (including phenoxy) is 1. The Balaban J connectivity index is 1.52. The Morgan fingerprint density at radius 2 is 1.64 bits per heavy atom. The van der Waals surface area contributed by atoms with Crippen LogP contribution >= 0.6 is 23.2 Å². The molecule has 0 atom stereocenters. The topological polar surface area (TPSA) is 95.9 Å². The molecular weight excluding hydrogens is 467 g/mol. The van der Waals surface area contributed by atoms with Crippen LogP contribution in [0.2, 0.25) is 10.0 Å². The van der Waals surface area contributed by atoms with Crippen LogP contribution in [0.5, 0.6) is 5.75 Å². The van der Waals surface area contributed by atoms with Gasteiger partial charge < -0.3 is 9.84 Å². The summed E-state index contributed by atoms with van der Waals surface area (Å²) in [5, 5.41) is 10.5. The van der Waals surface area contributed by atoms with Gasteiger partial charge in [0.25, 0.3) is 11.8 Å². The number of nitrogens with one attached hydrogen (secondary N) is 1. The Morgan fingerprint density at radius 1 is 1.00 bits per heavy atom. The molecule has 1 aliphatic heterocycles. The van der Waals surface area contributed by atoms with Crippen molar-refractivity contribution in [3.63, 3.8) is 0 Å². The van der Waals surface area contributed by atoms with Crippen molar-refractivity contribution in [3.8, 4) is 5.75 Å². The third-order valence-electron chi connectivity index (χ3n) is 4.82. The van der Waals surface area contributed by atoms with E-state index in [0.717, 1.165) is 5.56 Å². The van der Waals surface area contributed by atoms with Crippen LogP contribution in [0.1, 0.15) is 21.5 Å². The van der Waals surface area contributed by atoms with E-state index in [1.54, 1.807) is 42.5 Å². The molecule has 0 aromatic heterocycles. The number of carbonyl (C=O) groups is 3. The Labute approximate surface area is 198 Å². The van der Waals surface area contributed by atoms with E-state index in [-0.39, 0.29) is 33.5 Å². The lowest BCUT2D eigenvalue weighted by Crippen LogP contribution is -2.35. The second kappa shape index (κ2) is 9.36. The number of hydrogen-bond donors (Lipinski definition) is 2. The highest BCUT2D eigenvalue weighted by atomic mass is 35.5. The third kappa shape index (κ3) is 4.84. The molecule has 1 fully saturated rings. The van der Waals surface area contributed by atoms with Gasteiger partial charge in [0.2, 0.25) is 0 Å². The number of carboxylic acids is 1. The molecule has 3 aromatic carbocycles. The van der Waals surface area contributed by atoms with Gasteiger partial charge in [-0.3, -0.25) is 15.0 Å². The van der Waals surface area contributed by atoms with Gasteiger partial charge in [-0.25, -0.2) is 9.80 Å². The molecule has 0 saturated carbocycles. The lowest BCUT2D eigenvalue weighted by atomic mass is 10.1. The Hall–Kier alpha value is -3.81. The number of amides is 2. The summed E-state index contributed by atoms with van der Waals surface area (Å²) >= 11 is 12.7. The van der Waals surface area contributed by atoms with E-state index >= 15 is 0 Å². The molecule has 4 rings (SSSR count). The van der Waals surface area contributed by atoms with E-state index < -0.39 is 17.8 Å². The molecule has 9 heteroatoms. The zero-order valence-corrected chi connectivity index (χ0v) is 18.4. The smallest absolute Gasteiger partial charge is 0.335 e. The van der Waals surface area contributed by atoms with Crippen LogP contribution in [-0.4, -0.2) is 22.9 Å². The molecule has 0 radical (unpaired) electrons. The van der Waals surface area contributed by atoms with Crippen LogP contribution in [0.15, 0.2) is 72.3 Å². The van der Waals surface area contributed by atoms with Gasteiger partial charge in [-0.2, -0.15) is 0 Å². The molecule has 7 nitrogen and oxygen atoms in total. The molecule has 3 aromatic rings. The maximum absolute atomic E-state index is 12.7. The molecule has 2 amide bonds. The zero-order chi connectivity index (χ0) is 23.5. The summed E-state index contributed by atoms with van der Waals surface area (Å²) in [6, 6.07) is 18.0. The number of benzene rings is 3. The highest BCUT2D eigenvalue weighted by Gasteiger charge is 2.34. The van der Waals surface area contributed by atoms with Gasteiger partial charge in [0.15, 0.2) is 5.75 Å². The van der Waals surface area contributed by atoms with Gasteiger partial charge in [0.1, 0.15) is 12.2 Å². The number of nitrogens with zero attached hydrogens (tertiary/aromatic N) is 1. The fraction of sp³-hybridized carbons (Fsp3) is 0.0417. The van der Waals surface area contributed by atoms with Crippen LogP contribution in [0.4, 0.5) is 5.69 Å². The monoisotopic (exact) mass is 482 g/mol. The van der Waals surface area contributed by atoms with E-state index in [1.807, 2.05) is 0 Å². The highest BCUT2D eigenvalue weighted by molar-refractivity contribution is 6.37. The molecule has 0 spiro atoms. The van der Waals surface area contributed by atoms with E-state index in [1.165, 1.54) is 35.4 Å². The van der Waals surface area contributed by atoms with Crippen molar-refractivity contribution < 1.29 is 24.2 Å². The average molecular weight is 483 g/mol. The minimum absolute atomic E-state index is 0.0572. The molecule has 0 bridgehead atoms. The summed E-state index contributed by atoms with van der Waals surface area (Å²) in [7, 11) is 0. The second-order valence-electron chi connectivity index (χ2n) is 7.08. The SMILES string of the molecule is O=C1NN(c2ccccc2)C(=O)/C1=C\c1cc(Cl)c(OCc2ccc(C(=O)O)cc2)c(Cl)c1. The number of para-hydroxylation sites is 1. The molecule has 0 aliphatic carbocycles. The number of hydrazine groups is 1. The van der Waals surface area contributed by atoms with Crippen LogP contribution < -0.4 is 15.2 Å². The van der Waals surface area contributed by atoms with E-state index in [2.05, 4.69) is 5.43 Å². The summed E-state index contributed by atoms with van der Waals surface area (Å²) in [6.45, 7) is 0.118. The molecule has 2 N–H and O–H groups in total. The minimum Gasteiger partial charge on any atom is -0.486 e. The predicted molar refractivity (Wildman–Crippen MR) is 124 cm³/mol. The van der Waals surface area contributed by atoms with E-state index in [4.69, 9.17) is 33.0 Å². The van der Waals surface area contributed by atoms with Crippen molar-refractivity contribution >= 4 is 52.7 Å². The molecule has 1 heterocycles. The lowest BCUT2D eigenvalue weighted by molar-refractivity contribution is -0.117. The van der Waals surface area contributed by atoms with Gasteiger partial charge in [-0.1, -0.05) is 53.5 Å². The normalized spacial score (nSPS) is 14.5. The van der Waals surface area contributed by atoms with Crippen LogP contribution in [0, 0.1) is 0 Å². The van der Waals surface area contributed by atoms with Crippen molar-refractivity contribution in [3.05, 3.63) is 99.0 Å². The molecular formula is C24H16Cl2N2O5. The first kappa shape index (κ1) is 22.4. The first-order valence-electron chi connectivity index (χ1n) is 9.70. The molecule has 1 aliphatic rings. The largest absolute Gasteiger partial charge is 0.486 e. The summed E-state index contributed by atoms with van der Waals surface area (Å²) in [6.07, 6.45) is 1.41. The summed E-state index contributed by atoms with van der Waals surface area (Å²) in [5.74, 6) is -1.82. The van der Waals surface area contributed by atoms with Gasteiger partial charge in [-0.05, 0) is 53.6 Å². The Morgan fingerprint density at radius 3 is 2.24 bits per heavy atom. The highest BCUT2D eigenvalue weighted by Crippen LogP contribution is 2.36. The fourth-order valence-corrected chi connectivity index (χ4v) is 3.80. The number of anilines is 1. The predicted octanol–water partition coefficient (Wildman–Crippen LogP) is 4.73. The minimum atomic E-state index is -1.01. The average Bonchev–Trinajstić information content (AvgIpc) is 3.08. The standard InChI is InChI=1S/C24H16Cl2N2O5/c25-19-11-15(10-18-22(29)27-28(23(18)30)17-4-2-1-3-5-17)12-20(26)21(19)33-13-14-6-8-16(9-7-14)24(31)32/h1-12H,13H2,(H,27,29)(H,31,32)/b18-10-. The maximum atomic E-state index is 12.7. The van der Waals surface area contributed by atoms with Crippen molar-refractivity contribution in [2.45, 2.75) is 6.61 Å². The van der Waals surface area contributed by atoms with Crippen molar-refractivity contribution in [2.24, 2.45) is 0 Å². The quantitative estimate of drug-likeness (QED) is 0.391.